The molecule has 4 nitrogen and oxygen atoms in total. The second-order valence-corrected chi connectivity index (χ2v) is 6.98. The number of hydrogen-bond acceptors (Lipinski definition) is 4. The third kappa shape index (κ3) is 3.87. The molecule has 0 radical (unpaired) electrons. The lowest BCUT2D eigenvalue weighted by Crippen LogP contribution is -2.12. The molecule has 0 aliphatic heterocycles. The van der Waals surface area contributed by atoms with E-state index in [1.165, 1.54) is 23.9 Å². The van der Waals surface area contributed by atoms with E-state index in [0.717, 1.165) is 4.90 Å². The van der Waals surface area contributed by atoms with Crippen molar-refractivity contribution in [2.24, 2.45) is 5.14 Å². The van der Waals surface area contributed by atoms with Crippen LogP contribution in [0.1, 0.15) is 0 Å². The van der Waals surface area contributed by atoms with Crippen LogP contribution in [0.25, 0.3) is 0 Å². The van der Waals surface area contributed by atoms with E-state index in [1.54, 1.807) is 18.2 Å². The van der Waals surface area contributed by atoms with Gasteiger partial charge in [0, 0.05) is 20.5 Å². The first-order valence-electron chi connectivity index (χ1n) is 5.21. The van der Waals surface area contributed by atoms with Crippen molar-refractivity contribution in [1.82, 2.24) is 0 Å². The number of primary sulfonamides is 1. The molecule has 2 aromatic carbocycles. The highest BCUT2D eigenvalue weighted by Crippen LogP contribution is 2.31. The molecule has 0 aromatic heterocycles. The summed E-state index contributed by atoms with van der Waals surface area (Å²) in [5, 5.41) is 5.74. The number of rotatable bonds is 3. The number of benzene rings is 2. The number of anilines is 1. The molecule has 100 valence electrons. The normalized spacial score (nSPS) is 11.5. The van der Waals surface area contributed by atoms with Crippen LogP contribution in [-0.4, -0.2) is 8.42 Å². The minimum atomic E-state index is -3.76. The van der Waals surface area contributed by atoms with Crippen molar-refractivity contribution < 1.29 is 8.42 Å². The summed E-state index contributed by atoms with van der Waals surface area (Å²) in [5.74, 6) is 0. The van der Waals surface area contributed by atoms with Gasteiger partial charge in [0.15, 0.2) is 0 Å². The van der Waals surface area contributed by atoms with Crippen molar-refractivity contribution in [2.75, 3.05) is 5.73 Å². The second kappa shape index (κ2) is 5.42. The molecule has 0 heterocycles. The summed E-state index contributed by atoms with van der Waals surface area (Å²) in [6, 6.07) is 11.7. The summed E-state index contributed by atoms with van der Waals surface area (Å²) in [6.07, 6.45) is 0. The molecule has 0 amide bonds. The van der Waals surface area contributed by atoms with Gasteiger partial charge in [-0.25, -0.2) is 13.6 Å². The maximum absolute atomic E-state index is 11.3. The first-order valence-corrected chi connectivity index (χ1v) is 7.95. The summed E-state index contributed by atoms with van der Waals surface area (Å²) in [4.78, 5) is 1.63. The summed E-state index contributed by atoms with van der Waals surface area (Å²) in [5.41, 5.74) is 6.03. The van der Waals surface area contributed by atoms with Crippen molar-refractivity contribution in [1.29, 1.82) is 0 Å². The smallest absolute Gasteiger partial charge is 0.238 e. The Balaban J connectivity index is 2.35. The van der Waals surface area contributed by atoms with E-state index in [1.807, 2.05) is 12.1 Å². The molecule has 4 N–H and O–H groups in total. The molecule has 0 unspecified atom stereocenters. The van der Waals surface area contributed by atoms with E-state index in [2.05, 4.69) is 0 Å². The molecule has 7 heteroatoms. The highest BCUT2D eigenvalue weighted by Gasteiger charge is 2.10. The highest BCUT2D eigenvalue weighted by molar-refractivity contribution is 7.99. The van der Waals surface area contributed by atoms with Crippen molar-refractivity contribution >= 4 is 39.1 Å². The zero-order chi connectivity index (χ0) is 14.0. The van der Waals surface area contributed by atoms with Gasteiger partial charge in [0.1, 0.15) is 0 Å². The molecule has 0 aliphatic carbocycles. The number of sulfonamides is 1. The van der Waals surface area contributed by atoms with Crippen LogP contribution < -0.4 is 10.9 Å². The fourth-order valence-electron chi connectivity index (χ4n) is 1.46. The quantitative estimate of drug-likeness (QED) is 0.853. The number of halogens is 1. The van der Waals surface area contributed by atoms with Gasteiger partial charge >= 0.3 is 0 Å². The van der Waals surface area contributed by atoms with Gasteiger partial charge in [-0.2, -0.15) is 0 Å². The molecule has 2 rings (SSSR count). The average Bonchev–Trinajstić information content (AvgIpc) is 2.30. The molecular formula is C12H11ClN2O2S2. The molecule has 2 aromatic rings. The Hall–Kier alpha value is -1.21. The van der Waals surface area contributed by atoms with E-state index in [-0.39, 0.29) is 4.90 Å². The predicted molar refractivity (Wildman–Crippen MR) is 77.8 cm³/mol. The zero-order valence-electron chi connectivity index (χ0n) is 9.71. The Kier molecular flexibility index (Phi) is 4.05. The standard InChI is InChI=1S/C12H11ClN2O2S2/c13-8-1-3-10(4-2-8)18-11-5-9(14)6-12(7-11)19(15,16)17/h1-7H,14H2,(H2,15,16,17). The van der Waals surface area contributed by atoms with Crippen LogP contribution >= 0.6 is 23.4 Å². The molecule has 0 spiro atoms. The number of nitrogens with two attached hydrogens (primary N) is 2. The van der Waals surface area contributed by atoms with E-state index >= 15 is 0 Å². The molecular weight excluding hydrogens is 304 g/mol. The van der Waals surface area contributed by atoms with Crippen molar-refractivity contribution in [3.63, 3.8) is 0 Å². The van der Waals surface area contributed by atoms with Gasteiger partial charge in [-0.15, -0.1) is 0 Å². The van der Waals surface area contributed by atoms with Crippen LogP contribution in [0.4, 0.5) is 5.69 Å². The van der Waals surface area contributed by atoms with E-state index in [4.69, 9.17) is 22.5 Å². The van der Waals surface area contributed by atoms with Gasteiger partial charge in [-0.3, -0.25) is 0 Å². The molecule has 19 heavy (non-hydrogen) atoms. The second-order valence-electron chi connectivity index (χ2n) is 3.84. The summed E-state index contributed by atoms with van der Waals surface area (Å²) in [7, 11) is -3.76. The Labute approximate surface area is 120 Å². The molecule has 0 bridgehead atoms. The molecule has 0 atom stereocenters. The maximum atomic E-state index is 11.3. The largest absolute Gasteiger partial charge is 0.399 e. The van der Waals surface area contributed by atoms with Crippen LogP contribution in [0, 0.1) is 0 Å². The fourth-order valence-corrected chi connectivity index (χ4v) is 3.17. The van der Waals surface area contributed by atoms with E-state index < -0.39 is 10.0 Å². The van der Waals surface area contributed by atoms with Gasteiger partial charge < -0.3 is 5.73 Å². The first kappa shape index (κ1) is 14.2. The SMILES string of the molecule is Nc1cc(Sc2ccc(Cl)cc2)cc(S(N)(=O)=O)c1. The van der Waals surface area contributed by atoms with Crippen LogP contribution in [-0.2, 0) is 10.0 Å². The van der Waals surface area contributed by atoms with Crippen LogP contribution in [0.3, 0.4) is 0 Å². The van der Waals surface area contributed by atoms with Crippen LogP contribution in [0.5, 0.6) is 0 Å². The van der Waals surface area contributed by atoms with E-state index in [9.17, 15) is 8.42 Å². The summed E-state index contributed by atoms with van der Waals surface area (Å²) in [6.45, 7) is 0. The monoisotopic (exact) mass is 314 g/mol. The summed E-state index contributed by atoms with van der Waals surface area (Å²) < 4.78 is 22.7. The first-order chi connectivity index (χ1) is 8.84. The fraction of sp³-hybridized carbons (Fsp3) is 0. The molecule has 0 aliphatic rings. The Morgan fingerprint density at radius 3 is 2.21 bits per heavy atom. The Bertz CT molecular complexity index is 700. The molecule has 0 fully saturated rings. The topological polar surface area (TPSA) is 86.2 Å². The van der Waals surface area contributed by atoms with Gasteiger partial charge in [0.05, 0.1) is 4.90 Å². The van der Waals surface area contributed by atoms with Gasteiger partial charge in [0.2, 0.25) is 10.0 Å². The van der Waals surface area contributed by atoms with E-state index in [0.29, 0.717) is 15.6 Å². The third-order valence-corrected chi connectivity index (χ3v) is 4.40. The van der Waals surface area contributed by atoms with Crippen molar-refractivity contribution in [3.8, 4) is 0 Å². The third-order valence-electron chi connectivity index (χ3n) is 2.28. The summed E-state index contributed by atoms with van der Waals surface area (Å²) >= 11 is 7.18. The zero-order valence-corrected chi connectivity index (χ0v) is 12.1. The number of nitrogen functional groups attached to an aromatic ring is 1. The predicted octanol–water partition coefficient (Wildman–Crippen LogP) is 2.72. The maximum Gasteiger partial charge on any atom is 0.238 e. The van der Waals surface area contributed by atoms with Crippen LogP contribution in [0.15, 0.2) is 57.2 Å². The Morgan fingerprint density at radius 1 is 1.00 bits per heavy atom. The molecule has 0 saturated heterocycles. The van der Waals surface area contributed by atoms with Crippen LogP contribution in [0.2, 0.25) is 5.02 Å². The lowest BCUT2D eigenvalue weighted by Gasteiger charge is -2.06. The highest BCUT2D eigenvalue weighted by atomic mass is 35.5. The Morgan fingerprint density at radius 2 is 1.63 bits per heavy atom. The lowest BCUT2D eigenvalue weighted by atomic mass is 10.3. The number of hydrogen-bond donors (Lipinski definition) is 2. The van der Waals surface area contributed by atoms with Crippen molar-refractivity contribution in [3.05, 3.63) is 47.5 Å². The van der Waals surface area contributed by atoms with Gasteiger partial charge in [0.25, 0.3) is 0 Å². The average molecular weight is 315 g/mol. The minimum absolute atomic E-state index is 0.00367. The van der Waals surface area contributed by atoms with Gasteiger partial charge in [-0.05, 0) is 42.5 Å². The molecule has 0 saturated carbocycles. The van der Waals surface area contributed by atoms with Gasteiger partial charge in [-0.1, -0.05) is 23.4 Å². The van der Waals surface area contributed by atoms with Crippen molar-refractivity contribution in [2.45, 2.75) is 14.7 Å². The minimum Gasteiger partial charge on any atom is -0.399 e. The lowest BCUT2D eigenvalue weighted by molar-refractivity contribution is 0.597.